The van der Waals surface area contributed by atoms with Crippen LogP contribution in [0.1, 0.15) is 41.3 Å². The summed E-state index contributed by atoms with van der Waals surface area (Å²) in [6.07, 6.45) is 0.155. The zero-order valence-corrected chi connectivity index (χ0v) is 14.4. The van der Waals surface area contributed by atoms with Crippen molar-refractivity contribution in [3.05, 3.63) is 71.0 Å². The van der Waals surface area contributed by atoms with Gasteiger partial charge in [0.15, 0.2) is 5.78 Å². The first-order valence-electron chi connectivity index (χ1n) is 8.13. The van der Waals surface area contributed by atoms with Crippen LogP contribution in [-0.4, -0.2) is 23.3 Å². The van der Waals surface area contributed by atoms with Gasteiger partial charge in [-0.25, -0.2) is 4.39 Å². The minimum atomic E-state index is -1.32. The molecule has 2 aromatic rings. The Kier molecular flexibility index (Phi) is 6.04. The number of amides is 1. The van der Waals surface area contributed by atoms with Gasteiger partial charge in [-0.2, -0.15) is 0 Å². The first-order chi connectivity index (χ1) is 11.8. The largest absolute Gasteiger partial charge is 0.384 e. The van der Waals surface area contributed by atoms with Gasteiger partial charge in [0.2, 0.25) is 5.91 Å². The summed E-state index contributed by atoms with van der Waals surface area (Å²) >= 11 is 0. The Balaban J connectivity index is 1.85. The van der Waals surface area contributed by atoms with Gasteiger partial charge in [-0.05, 0) is 37.1 Å². The van der Waals surface area contributed by atoms with Gasteiger partial charge in [0.25, 0.3) is 0 Å². The van der Waals surface area contributed by atoms with Crippen molar-refractivity contribution in [1.82, 2.24) is 5.32 Å². The number of hydrogen-bond acceptors (Lipinski definition) is 3. The molecule has 0 aliphatic heterocycles. The first kappa shape index (κ1) is 18.8. The van der Waals surface area contributed by atoms with E-state index in [1.54, 1.807) is 19.1 Å². The van der Waals surface area contributed by atoms with E-state index < -0.39 is 11.4 Å². The molecule has 2 N–H and O–H groups in total. The molecule has 0 aliphatic rings. The molecule has 0 saturated heterocycles. The molecule has 0 fully saturated rings. The standard InChI is InChI=1S/C20H22FNO3/c1-14-5-3-4-6-17(14)18(23)11-12-19(24)22-13-20(2,25)15-7-9-16(21)10-8-15/h3-10,25H,11-13H2,1-2H3,(H,22,24). The number of rotatable bonds is 7. The number of ketones is 1. The summed E-state index contributed by atoms with van der Waals surface area (Å²) in [6.45, 7) is 3.38. The molecule has 1 amide bonds. The van der Waals surface area contributed by atoms with Gasteiger partial charge in [0.05, 0.1) is 6.54 Å². The van der Waals surface area contributed by atoms with Crippen molar-refractivity contribution in [2.24, 2.45) is 0 Å². The second kappa shape index (κ2) is 8.03. The van der Waals surface area contributed by atoms with Crippen LogP contribution in [-0.2, 0) is 10.4 Å². The minimum Gasteiger partial charge on any atom is -0.384 e. The van der Waals surface area contributed by atoms with Gasteiger partial charge in [-0.15, -0.1) is 0 Å². The molecule has 0 bridgehead atoms. The molecule has 2 aromatic carbocycles. The first-order valence-corrected chi connectivity index (χ1v) is 8.13. The molecule has 0 aliphatic carbocycles. The van der Waals surface area contributed by atoms with E-state index in [1.165, 1.54) is 24.3 Å². The molecule has 5 heteroatoms. The molecule has 132 valence electrons. The molecule has 4 nitrogen and oxygen atoms in total. The average Bonchev–Trinajstić information content (AvgIpc) is 2.59. The predicted molar refractivity (Wildman–Crippen MR) is 93.7 cm³/mol. The highest BCUT2D eigenvalue weighted by Gasteiger charge is 2.24. The monoisotopic (exact) mass is 343 g/mol. The quantitative estimate of drug-likeness (QED) is 0.759. The number of carbonyl (C=O) groups excluding carboxylic acids is 2. The van der Waals surface area contributed by atoms with Crippen molar-refractivity contribution >= 4 is 11.7 Å². The number of Topliss-reactive ketones (excluding diaryl/α,β-unsaturated/α-hetero) is 1. The second-order valence-electron chi connectivity index (χ2n) is 6.30. The van der Waals surface area contributed by atoms with Crippen LogP contribution in [0, 0.1) is 12.7 Å². The summed E-state index contributed by atoms with van der Waals surface area (Å²) < 4.78 is 13.0. The fraction of sp³-hybridized carbons (Fsp3) is 0.300. The van der Waals surface area contributed by atoms with Gasteiger partial charge in [0, 0.05) is 18.4 Å². The highest BCUT2D eigenvalue weighted by molar-refractivity contribution is 5.99. The Morgan fingerprint density at radius 1 is 1.08 bits per heavy atom. The maximum Gasteiger partial charge on any atom is 0.220 e. The van der Waals surface area contributed by atoms with E-state index in [9.17, 15) is 19.1 Å². The Morgan fingerprint density at radius 2 is 1.72 bits per heavy atom. The van der Waals surface area contributed by atoms with Crippen LogP contribution < -0.4 is 5.32 Å². The van der Waals surface area contributed by atoms with Crippen LogP contribution in [0.4, 0.5) is 4.39 Å². The maximum absolute atomic E-state index is 13.0. The number of aryl methyl sites for hydroxylation is 1. The topological polar surface area (TPSA) is 66.4 Å². The Hall–Kier alpha value is -2.53. The zero-order chi connectivity index (χ0) is 18.4. The SMILES string of the molecule is Cc1ccccc1C(=O)CCC(=O)NCC(C)(O)c1ccc(F)cc1. The number of carbonyl (C=O) groups is 2. The Morgan fingerprint density at radius 3 is 2.36 bits per heavy atom. The molecule has 1 unspecified atom stereocenters. The molecule has 25 heavy (non-hydrogen) atoms. The van der Waals surface area contributed by atoms with Gasteiger partial charge in [-0.3, -0.25) is 9.59 Å². The van der Waals surface area contributed by atoms with Crippen molar-refractivity contribution in [1.29, 1.82) is 0 Å². The van der Waals surface area contributed by atoms with Crippen molar-refractivity contribution in [3.63, 3.8) is 0 Å². The summed E-state index contributed by atoms with van der Waals surface area (Å²) in [5.74, 6) is -0.791. The third kappa shape index (κ3) is 5.22. The van der Waals surface area contributed by atoms with E-state index in [4.69, 9.17) is 0 Å². The predicted octanol–water partition coefficient (Wildman–Crippen LogP) is 3.12. The van der Waals surface area contributed by atoms with Gasteiger partial charge in [0.1, 0.15) is 11.4 Å². The molecular weight excluding hydrogens is 321 g/mol. The summed E-state index contributed by atoms with van der Waals surface area (Å²) in [7, 11) is 0. The lowest BCUT2D eigenvalue weighted by Crippen LogP contribution is -2.38. The number of aliphatic hydroxyl groups is 1. The molecule has 0 aromatic heterocycles. The van der Waals surface area contributed by atoms with E-state index in [-0.39, 0.29) is 31.1 Å². The summed E-state index contributed by atoms with van der Waals surface area (Å²) in [5.41, 5.74) is 0.689. The summed E-state index contributed by atoms with van der Waals surface area (Å²) in [5, 5.41) is 13.0. The lowest BCUT2D eigenvalue weighted by atomic mass is 9.96. The summed E-state index contributed by atoms with van der Waals surface area (Å²) in [6, 6.07) is 12.7. The Labute approximate surface area is 146 Å². The third-order valence-electron chi connectivity index (χ3n) is 4.12. The van der Waals surface area contributed by atoms with Crippen molar-refractivity contribution < 1.29 is 19.1 Å². The van der Waals surface area contributed by atoms with Gasteiger partial charge < -0.3 is 10.4 Å². The molecule has 0 saturated carbocycles. The third-order valence-corrected chi connectivity index (χ3v) is 4.12. The second-order valence-corrected chi connectivity index (χ2v) is 6.30. The fourth-order valence-electron chi connectivity index (χ4n) is 2.52. The molecular formula is C20H22FNO3. The summed E-state index contributed by atoms with van der Waals surface area (Å²) in [4.78, 5) is 24.1. The van der Waals surface area contributed by atoms with Crippen LogP contribution in [0.25, 0.3) is 0 Å². The lowest BCUT2D eigenvalue weighted by Gasteiger charge is -2.24. The van der Waals surface area contributed by atoms with E-state index in [1.807, 2.05) is 19.1 Å². The number of halogens is 1. The zero-order valence-electron chi connectivity index (χ0n) is 14.4. The molecule has 0 spiro atoms. The molecule has 2 rings (SSSR count). The minimum absolute atomic E-state index is 0.0178. The van der Waals surface area contributed by atoms with Crippen molar-refractivity contribution in [2.45, 2.75) is 32.3 Å². The highest BCUT2D eigenvalue weighted by atomic mass is 19.1. The van der Waals surface area contributed by atoms with Crippen LogP contribution >= 0.6 is 0 Å². The fourth-order valence-corrected chi connectivity index (χ4v) is 2.52. The molecule has 0 heterocycles. The maximum atomic E-state index is 13.0. The van der Waals surface area contributed by atoms with Crippen molar-refractivity contribution in [2.75, 3.05) is 6.54 Å². The van der Waals surface area contributed by atoms with E-state index >= 15 is 0 Å². The van der Waals surface area contributed by atoms with Gasteiger partial charge in [-0.1, -0.05) is 36.4 Å². The normalized spacial score (nSPS) is 13.1. The van der Waals surface area contributed by atoms with Crippen LogP contribution in [0.5, 0.6) is 0 Å². The number of nitrogens with one attached hydrogen (secondary N) is 1. The number of benzene rings is 2. The van der Waals surface area contributed by atoms with Crippen LogP contribution in [0.2, 0.25) is 0 Å². The lowest BCUT2D eigenvalue weighted by molar-refractivity contribution is -0.122. The van der Waals surface area contributed by atoms with E-state index in [0.29, 0.717) is 11.1 Å². The molecule has 0 radical (unpaired) electrons. The smallest absolute Gasteiger partial charge is 0.220 e. The average molecular weight is 343 g/mol. The van der Waals surface area contributed by atoms with Crippen LogP contribution in [0.15, 0.2) is 48.5 Å². The van der Waals surface area contributed by atoms with Crippen LogP contribution in [0.3, 0.4) is 0 Å². The molecule has 1 atom stereocenters. The van der Waals surface area contributed by atoms with Crippen molar-refractivity contribution in [3.8, 4) is 0 Å². The Bertz CT molecular complexity index is 754. The van der Waals surface area contributed by atoms with E-state index in [2.05, 4.69) is 5.32 Å². The van der Waals surface area contributed by atoms with Gasteiger partial charge >= 0.3 is 0 Å². The highest BCUT2D eigenvalue weighted by Crippen LogP contribution is 2.20. The number of hydrogen-bond donors (Lipinski definition) is 2. The van der Waals surface area contributed by atoms with E-state index in [0.717, 1.165) is 5.56 Å².